The number of carbonyl (C=O) groups is 3. The van der Waals surface area contributed by atoms with Crippen molar-refractivity contribution in [3.05, 3.63) is 34.9 Å². The topological polar surface area (TPSA) is 74.7 Å². The van der Waals surface area contributed by atoms with Crippen LogP contribution in [0.15, 0.2) is 24.3 Å². The SMILES string of the molecule is CC(=O)N(CCC(=O)O)C(=O)c1ccc(Cl)cc1. The van der Waals surface area contributed by atoms with Crippen molar-refractivity contribution in [2.24, 2.45) is 0 Å². The van der Waals surface area contributed by atoms with Crippen LogP contribution in [-0.4, -0.2) is 34.3 Å². The number of hydrogen-bond acceptors (Lipinski definition) is 3. The normalized spacial score (nSPS) is 9.89. The number of carbonyl (C=O) groups excluding carboxylic acids is 2. The van der Waals surface area contributed by atoms with Crippen LogP contribution < -0.4 is 0 Å². The molecule has 0 saturated carbocycles. The standard InChI is InChI=1S/C12H12ClNO4/c1-8(15)14(7-6-11(16)17)12(18)9-2-4-10(13)5-3-9/h2-5H,6-7H2,1H3,(H,16,17). The Kier molecular flexibility index (Phi) is 4.85. The van der Waals surface area contributed by atoms with Gasteiger partial charge < -0.3 is 5.11 Å². The molecule has 0 spiro atoms. The average molecular weight is 270 g/mol. The molecule has 0 saturated heterocycles. The van der Waals surface area contributed by atoms with Crippen LogP contribution in [0.2, 0.25) is 5.02 Å². The third-order valence-corrected chi connectivity index (χ3v) is 2.52. The van der Waals surface area contributed by atoms with Crippen LogP contribution >= 0.6 is 11.6 Å². The third-order valence-electron chi connectivity index (χ3n) is 2.27. The minimum Gasteiger partial charge on any atom is -0.481 e. The van der Waals surface area contributed by atoms with Crippen molar-refractivity contribution in [2.45, 2.75) is 13.3 Å². The van der Waals surface area contributed by atoms with Gasteiger partial charge in [0, 0.05) is 24.1 Å². The lowest BCUT2D eigenvalue weighted by Gasteiger charge is -2.18. The number of imide groups is 1. The summed E-state index contributed by atoms with van der Waals surface area (Å²) in [5.41, 5.74) is 0.292. The summed E-state index contributed by atoms with van der Waals surface area (Å²) >= 11 is 5.69. The smallest absolute Gasteiger partial charge is 0.305 e. The molecule has 1 N–H and O–H groups in total. The van der Waals surface area contributed by atoms with E-state index in [1.165, 1.54) is 31.2 Å². The summed E-state index contributed by atoms with van der Waals surface area (Å²) in [6.45, 7) is 1.07. The second-order valence-electron chi connectivity index (χ2n) is 3.63. The molecule has 0 aliphatic carbocycles. The van der Waals surface area contributed by atoms with E-state index in [1.54, 1.807) is 0 Å². The summed E-state index contributed by atoms with van der Waals surface area (Å²) in [7, 11) is 0. The number of aliphatic carboxylic acids is 1. The Hall–Kier alpha value is -1.88. The second-order valence-corrected chi connectivity index (χ2v) is 4.06. The highest BCUT2D eigenvalue weighted by atomic mass is 35.5. The van der Waals surface area contributed by atoms with Crippen LogP contribution in [0.25, 0.3) is 0 Å². The highest BCUT2D eigenvalue weighted by molar-refractivity contribution is 6.30. The lowest BCUT2D eigenvalue weighted by molar-refractivity contribution is -0.137. The zero-order valence-electron chi connectivity index (χ0n) is 9.72. The molecule has 0 radical (unpaired) electrons. The molecule has 0 aliphatic heterocycles. The summed E-state index contributed by atoms with van der Waals surface area (Å²) in [6.07, 6.45) is -0.279. The first-order valence-corrected chi connectivity index (χ1v) is 5.59. The molecule has 0 aromatic heterocycles. The molecule has 0 heterocycles. The van der Waals surface area contributed by atoms with Gasteiger partial charge in [0.15, 0.2) is 0 Å². The fraction of sp³-hybridized carbons (Fsp3) is 0.250. The van der Waals surface area contributed by atoms with Crippen molar-refractivity contribution in [1.82, 2.24) is 4.90 Å². The van der Waals surface area contributed by atoms with Crippen LogP contribution in [0.5, 0.6) is 0 Å². The molecule has 0 bridgehead atoms. The van der Waals surface area contributed by atoms with E-state index in [-0.39, 0.29) is 13.0 Å². The maximum atomic E-state index is 12.0. The quantitative estimate of drug-likeness (QED) is 0.904. The number of rotatable bonds is 4. The predicted octanol–water partition coefficient (Wildman–Crippen LogP) is 1.80. The minimum atomic E-state index is -1.06. The number of amides is 2. The summed E-state index contributed by atoms with van der Waals surface area (Å²) in [5.74, 6) is -2.08. The second kappa shape index (κ2) is 6.16. The van der Waals surface area contributed by atoms with E-state index < -0.39 is 17.8 Å². The van der Waals surface area contributed by atoms with Crippen molar-refractivity contribution < 1.29 is 19.5 Å². The van der Waals surface area contributed by atoms with E-state index in [2.05, 4.69) is 0 Å². The van der Waals surface area contributed by atoms with Crippen LogP contribution in [0.1, 0.15) is 23.7 Å². The summed E-state index contributed by atoms with van der Waals surface area (Å²) in [5, 5.41) is 9.04. The Bertz CT molecular complexity index is 469. The number of halogens is 1. The van der Waals surface area contributed by atoms with Crippen LogP contribution in [-0.2, 0) is 9.59 Å². The predicted molar refractivity (Wildman–Crippen MR) is 65.4 cm³/mol. The molecule has 0 unspecified atom stereocenters. The fourth-order valence-corrected chi connectivity index (χ4v) is 1.48. The van der Waals surface area contributed by atoms with Gasteiger partial charge >= 0.3 is 5.97 Å². The monoisotopic (exact) mass is 269 g/mol. The molecule has 96 valence electrons. The largest absolute Gasteiger partial charge is 0.481 e. The van der Waals surface area contributed by atoms with Crippen LogP contribution in [0.3, 0.4) is 0 Å². The molecule has 1 aromatic carbocycles. The number of hydrogen-bond donors (Lipinski definition) is 1. The molecule has 0 aliphatic rings. The first-order chi connectivity index (χ1) is 8.41. The molecule has 2 amide bonds. The Balaban J connectivity index is 2.85. The maximum absolute atomic E-state index is 12.0. The first kappa shape index (κ1) is 14.2. The molecular weight excluding hydrogens is 258 g/mol. The molecule has 6 heteroatoms. The van der Waals surface area contributed by atoms with E-state index >= 15 is 0 Å². The zero-order valence-corrected chi connectivity index (χ0v) is 10.5. The molecular formula is C12H12ClNO4. The van der Waals surface area contributed by atoms with E-state index in [0.29, 0.717) is 10.6 Å². The van der Waals surface area contributed by atoms with Gasteiger partial charge in [-0.05, 0) is 24.3 Å². The molecule has 0 fully saturated rings. The van der Waals surface area contributed by atoms with Gasteiger partial charge in [-0.15, -0.1) is 0 Å². The van der Waals surface area contributed by atoms with E-state index in [4.69, 9.17) is 16.7 Å². The third kappa shape index (κ3) is 3.85. The lowest BCUT2D eigenvalue weighted by Crippen LogP contribution is -2.36. The van der Waals surface area contributed by atoms with E-state index in [9.17, 15) is 14.4 Å². The summed E-state index contributed by atoms with van der Waals surface area (Å²) < 4.78 is 0. The molecule has 0 atom stereocenters. The number of carboxylic acid groups (broad SMARTS) is 1. The van der Waals surface area contributed by atoms with Gasteiger partial charge in [0.1, 0.15) is 0 Å². The number of carboxylic acids is 1. The van der Waals surface area contributed by atoms with E-state index in [0.717, 1.165) is 4.90 Å². The zero-order chi connectivity index (χ0) is 13.7. The highest BCUT2D eigenvalue weighted by Crippen LogP contribution is 2.12. The lowest BCUT2D eigenvalue weighted by atomic mass is 10.2. The maximum Gasteiger partial charge on any atom is 0.305 e. The summed E-state index contributed by atoms with van der Waals surface area (Å²) in [4.78, 5) is 34.7. The van der Waals surface area contributed by atoms with Gasteiger partial charge in [0.2, 0.25) is 5.91 Å². The van der Waals surface area contributed by atoms with Crippen LogP contribution in [0, 0.1) is 0 Å². The minimum absolute atomic E-state index is 0.147. The molecule has 1 rings (SSSR count). The summed E-state index contributed by atoms with van der Waals surface area (Å²) in [6, 6.07) is 6.04. The highest BCUT2D eigenvalue weighted by Gasteiger charge is 2.20. The van der Waals surface area contributed by atoms with Crippen LogP contribution in [0.4, 0.5) is 0 Å². The van der Waals surface area contributed by atoms with Crippen molar-refractivity contribution in [2.75, 3.05) is 6.54 Å². The first-order valence-electron chi connectivity index (χ1n) is 5.21. The average Bonchev–Trinajstić information content (AvgIpc) is 2.29. The Morgan fingerprint density at radius 2 is 1.78 bits per heavy atom. The molecule has 18 heavy (non-hydrogen) atoms. The Labute approximate surface area is 109 Å². The fourth-order valence-electron chi connectivity index (χ4n) is 1.36. The van der Waals surface area contributed by atoms with Gasteiger partial charge in [-0.25, -0.2) is 0 Å². The number of benzene rings is 1. The van der Waals surface area contributed by atoms with Gasteiger partial charge in [0.25, 0.3) is 5.91 Å². The molecule has 5 nitrogen and oxygen atoms in total. The van der Waals surface area contributed by atoms with Crippen molar-refractivity contribution in [3.63, 3.8) is 0 Å². The van der Waals surface area contributed by atoms with Gasteiger partial charge in [-0.3, -0.25) is 19.3 Å². The van der Waals surface area contributed by atoms with Crippen molar-refractivity contribution in [3.8, 4) is 0 Å². The Morgan fingerprint density at radius 3 is 2.22 bits per heavy atom. The van der Waals surface area contributed by atoms with E-state index in [1.807, 2.05) is 0 Å². The Morgan fingerprint density at radius 1 is 1.22 bits per heavy atom. The molecule has 1 aromatic rings. The van der Waals surface area contributed by atoms with Gasteiger partial charge in [0.05, 0.1) is 6.42 Å². The van der Waals surface area contributed by atoms with Gasteiger partial charge in [-0.1, -0.05) is 11.6 Å². The number of nitrogens with zero attached hydrogens (tertiary/aromatic N) is 1. The van der Waals surface area contributed by atoms with Crippen molar-refractivity contribution >= 4 is 29.4 Å². The van der Waals surface area contributed by atoms with Crippen molar-refractivity contribution in [1.29, 1.82) is 0 Å². The van der Waals surface area contributed by atoms with Gasteiger partial charge in [-0.2, -0.15) is 0 Å².